The lowest BCUT2D eigenvalue weighted by atomic mass is 10.0. The minimum atomic E-state index is 0.564. The Bertz CT molecular complexity index is 324. The van der Waals surface area contributed by atoms with Gasteiger partial charge in [-0.25, -0.2) is 0 Å². The van der Waals surface area contributed by atoms with Crippen molar-refractivity contribution in [2.24, 2.45) is 0 Å². The first-order valence-corrected chi connectivity index (χ1v) is 5.11. The summed E-state index contributed by atoms with van der Waals surface area (Å²) in [6.45, 7) is 13.4. The zero-order valence-electron chi connectivity index (χ0n) is 9.10. The van der Waals surface area contributed by atoms with E-state index in [1.807, 2.05) is 39.0 Å². The Morgan fingerprint density at radius 3 is 2.36 bits per heavy atom. The van der Waals surface area contributed by atoms with Crippen molar-refractivity contribution >= 4 is 22.7 Å². The summed E-state index contributed by atoms with van der Waals surface area (Å²) >= 11 is 5.82. The molecule has 0 aliphatic carbocycles. The van der Waals surface area contributed by atoms with Crippen LogP contribution in [-0.2, 0) is 0 Å². The Morgan fingerprint density at radius 2 is 1.93 bits per heavy atom. The van der Waals surface area contributed by atoms with Crippen LogP contribution >= 0.6 is 11.6 Å². The Labute approximate surface area is 91.9 Å². The standard InChI is InChI=1S/C11H11Cl.C2H6/c1-4-10-6-5-8(2)7-11(10)9(3)12;1-2/h4-7H,1,3H2,2H3;1-2H3. The van der Waals surface area contributed by atoms with Gasteiger partial charge in [0, 0.05) is 5.03 Å². The summed E-state index contributed by atoms with van der Waals surface area (Å²) in [5, 5.41) is 0.564. The molecular formula is C13H17Cl. The highest BCUT2D eigenvalue weighted by molar-refractivity contribution is 6.48. The third kappa shape index (κ3) is 3.39. The maximum absolute atomic E-state index is 5.82. The molecule has 0 aliphatic heterocycles. The van der Waals surface area contributed by atoms with Gasteiger partial charge in [0.15, 0.2) is 0 Å². The van der Waals surface area contributed by atoms with Gasteiger partial charge >= 0.3 is 0 Å². The maximum Gasteiger partial charge on any atom is 0.0412 e. The van der Waals surface area contributed by atoms with Crippen molar-refractivity contribution < 1.29 is 0 Å². The molecule has 0 unspecified atom stereocenters. The van der Waals surface area contributed by atoms with Gasteiger partial charge in [0.05, 0.1) is 0 Å². The minimum absolute atomic E-state index is 0.564. The number of benzene rings is 1. The molecule has 0 spiro atoms. The van der Waals surface area contributed by atoms with Crippen LogP contribution in [0.15, 0.2) is 31.4 Å². The van der Waals surface area contributed by atoms with Crippen LogP contribution in [0.2, 0.25) is 0 Å². The summed E-state index contributed by atoms with van der Waals surface area (Å²) in [4.78, 5) is 0. The first-order chi connectivity index (χ1) is 6.65. The molecule has 1 aromatic rings. The van der Waals surface area contributed by atoms with Crippen LogP contribution in [0.25, 0.3) is 11.1 Å². The molecule has 14 heavy (non-hydrogen) atoms. The highest BCUT2D eigenvalue weighted by Gasteiger charge is 2.00. The van der Waals surface area contributed by atoms with Crippen molar-refractivity contribution in [2.75, 3.05) is 0 Å². The lowest BCUT2D eigenvalue weighted by Crippen LogP contribution is -1.84. The fourth-order valence-corrected chi connectivity index (χ4v) is 1.25. The Hall–Kier alpha value is -1.01. The fourth-order valence-electron chi connectivity index (χ4n) is 1.08. The third-order valence-electron chi connectivity index (χ3n) is 1.72. The van der Waals surface area contributed by atoms with Crippen molar-refractivity contribution in [2.45, 2.75) is 20.8 Å². The molecule has 0 N–H and O–H groups in total. The molecule has 0 aromatic heterocycles. The lowest BCUT2D eigenvalue weighted by molar-refractivity contribution is 1.44. The number of halogens is 1. The second-order valence-electron chi connectivity index (χ2n) is 2.70. The lowest BCUT2D eigenvalue weighted by Gasteiger charge is -2.04. The van der Waals surface area contributed by atoms with Crippen LogP contribution in [0.3, 0.4) is 0 Å². The van der Waals surface area contributed by atoms with Crippen LogP contribution in [0.4, 0.5) is 0 Å². The molecule has 0 bridgehead atoms. The zero-order chi connectivity index (χ0) is 11.1. The summed E-state index contributed by atoms with van der Waals surface area (Å²) in [7, 11) is 0. The van der Waals surface area contributed by atoms with Gasteiger partial charge in [-0.3, -0.25) is 0 Å². The second-order valence-corrected chi connectivity index (χ2v) is 3.16. The van der Waals surface area contributed by atoms with E-state index in [-0.39, 0.29) is 0 Å². The molecule has 0 saturated carbocycles. The summed E-state index contributed by atoms with van der Waals surface area (Å²) in [5.74, 6) is 0. The number of rotatable bonds is 2. The van der Waals surface area contributed by atoms with E-state index < -0.39 is 0 Å². The predicted octanol–water partition coefficient (Wildman–Crippen LogP) is 4.87. The SMILES string of the molecule is C=Cc1ccc(C)cc1C(=C)Cl.CC. The molecule has 0 heterocycles. The van der Waals surface area contributed by atoms with E-state index in [0.29, 0.717) is 5.03 Å². The van der Waals surface area contributed by atoms with Gasteiger partial charge in [-0.1, -0.05) is 62.4 Å². The van der Waals surface area contributed by atoms with E-state index in [2.05, 4.69) is 13.2 Å². The van der Waals surface area contributed by atoms with Crippen molar-refractivity contribution in [3.8, 4) is 0 Å². The molecule has 0 amide bonds. The quantitative estimate of drug-likeness (QED) is 0.650. The van der Waals surface area contributed by atoms with Crippen LogP contribution in [0.1, 0.15) is 30.5 Å². The van der Waals surface area contributed by atoms with Gasteiger partial charge in [0.2, 0.25) is 0 Å². The number of hydrogen-bond acceptors (Lipinski definition) is 0. The van der Waals surface area contributed by atoms with Gasteiger partial charge < -0.3 is 0 Å². The van der Waals surface area contributed by atoms with Crippen LogP contribution in [0.5, 0.6) is 0 Å². The highest BCUT2D eigenvalue weighted by atomic mass is 35.5. The first-order valence-electron chi connectivity index (χ1n) is 4.73. The van der Waals surface area contributed by atoms with Crippen molar-refractivity contribution in [1.82, 2.24) is 0 Å². The average molecular weight is 209 g/mol. The van der Waals surface area contributed by atoms with E-state index in [0.717, 1.165) is 11.1 Å². The molecule has 76 valence electrons. The topological polar surface area (TPSA) is 0 Å². The van der Waals surface area contributed by atoms with Crippen molar-refractivity contribution in [3.63, 3.8) is 0 Å². The molecule has 0 fully saturated rings. The number of hydrogen-bond donors (Lipinski definition) is 0. The Kier molecular flexibility index (Phi) is 5.98. The van der Waals surface area contributed by atoms with Gasteiger partial charge in [-0.05, 0) is 24.1 Å². The minimum Gasteiger partial charge on any atom is -0.0984 e. The highest BCUT2D eigenvalue weighted by Crippen LogP contribution is 2.22. The molecule has 1 heteroatoms. The Balaban J connectivity index is 0.000000791. The fraction of sp³-hybridized carbons (Fsp3) is 0.231. The summed E-state index contributed by atoms with van der Waals surface area (Å²) in [6, 6.07) is 6.03. The maximum atomic E-state index is 5.82. The Morgan fingerprint density at radius 1 is 1.36 bits per heavy atom. The van der Waals surface area contributed by atoms with Crippen LogP contribution in [0, 0.1) is 6.92 Å². The van der Waals surface area contributed by atoms with E-state index >= 15 is 0 Å². The van der Waals surface area contributed by atoms with E-state index in [9.17, 15) is 0 Å². The summed E-state index contributed by atoms with van der Waals surface area (Å²) in [5.41, 5.74) is 3.17. The van der Waals surface area contributed by atoms with E-state index in [1.54, 1.807) is 6.08 Å². The average Bonchev–Trinajstić information content (AvgIpc) is 2.20. The van der Waals surface area contributed by atoms with E-state index in [1.165, 1.54) is 5.56 Å². The predicted molar refractivity (Wildman–Crippen MR) is 67.5 cm³/mol. The van der Waals surface area contributed by atoms with Crippen molar-refractivity contribution in [3.05, 3.63) is 48.0 Å². The zero-order valence-corrected chi connectivity index (χ0v) is 9.86. The molecule has 0 atom stereocenters. The molecule has 1 aromatic carbocycles. The monoisotopic (exact) mass is 208 g/mol. The largest absolute Gasteiger partial charge is 0.0984 e. The normalized spacial score (nSPS) is 8.57. The molecule has 0 radical (unpaired) electrons. The molecule has 1 rings (SSSR count). The van der Waals surface area contributed by atoms with Gasteiger partial charge in [-0.15, -0.1) is 0 Å². The second kappa shape index (κ2) is 6.44. The van der Waals surface area contributed by atoms with Gasteiger partial charge in [0.25, 0.3) is 0 Å². The van der Waals surface area contributed by atoms with Gasteiger partial charge in [-0.2, -0.15) is 0 Å². The first kappa shape index (κ1) is 13.0. The molecule has 0 saturated heterocycles. The number of aryl methyl sites for hydroxylation is 1. The molecular weight excluding hydrogens is 192 g/mol. The van der Waals surface area contributed by atoms with Gasteiger partial charge in [0.1, 0.15) is 0 Å². The van der Waals surface area contributed by atoms with E-state index in [4.69, 9.17) is 11.6 Å². The molecule has 0 aliphatic rings. The van der Waals surface area contributed by atoms with Crippen molar-refractivity contribution in [1.29, 1.82) is 0 Å². The van der Waals surface area contributed by atoms with Crippen LogP contribution in [-0.4, -0.2) is 0 Å². The summed E-state index contributed by atoms with van der Waals surface area (Å²) in [6.07, 6.45) is 1.78. The van der Waals surface area contributed by atoms with Crippen LogP contribution < -0.4 is 0 Å². The smallest absolute Gasteiger partial charge is 0.0412 e. The molecule has 0 nitrogen and oxygen atoms in total. The third-order valence-corrected chi connectivity index (χ3v) is 1.92. The summed E-state index contributed by atoms with van der Waals surface area (Å²) < 4.78 is 0.